The topological polar surface area (TPSA) is 70.5 Å². The van der Waals surface area contributed by atoms with Gasteiger partial charge in [-0.25, -0.2) is 9.78 Å². The zero-order valence-corrected chi connectivity index (χ0v) is 10.3. The fourth-order valence-electron chi connectivity index (χ4n) is 1.92. The molecule has 1 heterocycles. The van der Waals surface area contributed by atoms with Gasteiger partial charge in [0.1, 0.15) is 5.82 Å². The molecule has 1 N–H and O–H groups in total. The van der Waals surface area contributed by atoms with E-state index in [0.717, 1.165) is 12.8 Å². The van der Waals surface area contributed by atoms with Gasteiger partial charge < -0.3 is 5.11 Å². The molecule has 18 heavy (non-hydrogen) atoms. The minimum Gasteiger partial charge on any atom is -0.478 e. The van der Waals surface area contributed by atoms with E-state index < -0.39 is 5.97 Å². The average molecular weight is 248 g/mol. The Bertz CT molecular complexity index is 452. The lowest BCUT2D eigenvalue weighted by Crippen LogP contribution is -2.30. The van der Waals surface area contributed by atoms with Crippen molar-refractivity contribution >= 4 is 17.7 Å². The van der Waals surface area contributed by atoms with Crippen molar-refractivity contribution in [2.75, 3.05) is 11.9 Å². The molecule has 1 aromatic rings. The minimum atomic E-state index is -1.02. The number of carbonyl (C=O) groups excluding carboxylic acids is 1. The fourth-order valence-corrected chi connectivity index (χ4v) is 1.92. The van der Waals surface area contributed by atoms with Crippen molar-refractivity contribution in [3.05, 3.63) is 23.9 Å². The quantitative estimate of drug-likeness (QED) is 0.883. The molecule has 0 atom stereocenters. The molecular weight excluding hydrogens is 232 g/mol. The Labute approximate surface area is 105 Å². The van der Waals surface area contributed by atoms with Crippen LogP contribution >= 0.6 is 0 Å². The number of aromatic nitrogens is 1. The van der Waals surface area contributed by atoms with Crippen LogP contribution in [0, 0.1) is 5.92 Å². The van der Waals surface area contributed by atoms with Crippen LogP contribution in [0.2, 0.25) is 0 Å². The molecule has 96 valence electrons. The van der Waals surface area contributed by atoms with Crippen LogP contribution in [0.15, 0.2) is 18.3 Å². The summed E-state index contributed by atoms with van der Waals surface area (Å²) in [7, 11) is 1.67. The van der Waals surface area contributed by atoms with Crippen LogP contribution in [-0.4, -0.2) is 29.0 Å². The molecule has 5 heteroatoms. The number of pyridine rings is 1. The minimum absolute atomic E-state index is 0.0373. The lowest BCUT2D eigenvalue weighted by atomic mass is 9.83. The Kier molecular flexibility index (Phi) is 3.60. The smallest absolute Gasteiger partial charge is 0.337 e. The Morgan fingerprint density at radius 2 is 2.17 bits per heavy atom. The van der Waals surface area contributed by atoms with Gasteiger partial charge in [-0.15, -0.1) is 0 Å². The van der Waals surface area contributed by atoms with E-state index in [-0.39, 0.29) is 11.5 Å². The first-order valence-electron chi connectivity index (χ1n) is 6.04. The van der Waals surface area contributed by atoms with Crippen LogP contribution in [0.5, 0.6) is 0 Å². The van der Waals surface area contributed by atoms with Gasteiger partial charge >= 0.3 is 5.97 Å². The maximum atomic E-state index is 11.9. The summed E-state index contributed by atoms with van der Waals surface area (Å²) < 4.78 is 0. The lowest BCUT2D eigenvalue weighted by Gasteiger charge is -2.26. The molecule has 1 saturated carbocycles. The molecule has 2 rings (SSSR count). The van der Waals surface area contributed by atoms with E-state index in [0.29, 0.717) is 18.2 Å². The molecule has 0 radical (unpaired) electrons. The number of hydrogen-bond acceptors (Lipinski definition) is 3. The van der Waals surface area contributed by atoms with Gasteiger partial charge in [-0.2, -0.15) is 0 Å². The van der Waals surface area contributed by atoms with E-state index in [1.807, 2.05) is 0 Å². The first-order chi connectivity index (χ1) is 8.58. The van der Waals surface area contributed by atoms with E-state index in [9.17, 15) is 9.59 Å². The first kappa shape index (κ1) is 12.5. The number of anilines is 1. The molecule has 0 bridgehead atoms. The summed E-state index contributed by atoms with van der Waals surface area (Å²) in [4.78, 5) is 28.1. The Balaban J connectivity index is 2.00. The monoisotopic (exact) mass is 248 g/mol. The van der Waals surface area contributed by atoms with Crippen LogP contribution in [0.4, 0.5) is 5.82 Å². The standard InChI is InChI=1S/C13H16N2O3/c1-15(12(16)7-9-3-2-4-9)11-6-5-10(8-14-11)13(17)18/h5-6,8-9H,2-4,7H2,1H3,(H,17,18). The van der Waals surface area contributed by atoms with Crippen molar-refractivity contribution in [2.45, 2.75) is 25.7 Å². The van der Waals surface area contributed by atoms with E-state index in [1.165, 1.54) is 23.6 Å². The van der Waals surface area contributed by atoms with Crippen molar-refractivity contribution in [1.82, 2.24) is 4.98 Å². The second kappa shape index (κ2) is 5.16. The van der Waals surface area contributed by atoms with Gasteiger partial charge in [-0.1, -0.05) is 6.42 Å². The fraction of sp³-hybridized carbons (Fsp3) is 0.462. The van der Waals surface area contributed by atoms with E-state index in [4.69, 9.17) is 5.11 Å². The number of carboxylic acid groups (broad SMARTS) is 1. The van der Waals surface area contributed by atoms with Gasteiger partial charge in [0.15, 0.2) is 0 Å². The number of amides is 1. The molecule has 0 spiro atoms. The van der Waals surface area contributed by atoms with Crippen LogP contribution in [-0.2, 0) is 4.79 Å². The van der Waals surface area contributed by atoms with Crippen molar-refractivity contribution in [2.24, 2.45) is 5.92 Å². The van der Waals surface area contributed by atoms with Gasteiger partial charge in [0, 0.05) is 19.7 Å². The molecule has 0 aliphatic heterocycles. The number of carboxylic acids is 1. The number of nitrogens with zero attached hydrogens (tertiary/aromatic N) is 2. The third kappa shape index (κ3) is 2.67. The van der Waals surface area contributed by atoms with Crippen molar-refractivity contribution in [3.8, 4) is 0 Å². The maximum Gasteiger partial charge on any atom is 0.337 e. The van der Waals surface area contributed by atoms with E-state index >= 15 is 0 Å². The highest BCUT2D eigenvalue weighted by molar-refractivity contribution is 5.92. The van der Waals surface area contributed by atoms with Gasteiger partial charge in [-0.05, 0) is 30.9 Å². The first-order valence-corrected chi connectivity index (χ1v) is 6.04. The Morgan fingerprint density at radius 1 is 1.44 bits per heavy atom. The normalized spacial score (nSPS) is 14.9. The molecule has 1 fully saturated rings. The highest BCUT2D eigenvalue weighted by Gasteiger charge is 2.23. The molecule has 5 nitrogen and oxygen atoms in total. The maximum absolute atomic E-state index is 11.9. The summed E-state index contributed by atoms with van der Waals surface area (Å²) in [6.07, 6.45) is 5.30. The largest absolute Gasteiger partial charge is 0.478 e. The molecule has 1 aliphatic carbocycles. The van der Waals surface area contributed by atoms with Gasteiger partial charge in [-0.3, -0.25) is 9.69 Å². The van der Waals surface area contributed by atoms with Crippen LogP contribution in [0.25, 0.3) is 0 Å². The Morgan fingerprint density at radius 3 is 2.61 bits per heavy atom. The second-order valence-electron chi connectivity index (χ2n) is 4.66. The second-order valence-corrected chi connectivity index (χ2v) is 4.66. The molecule has 1 aliphatic rings. The number of rotatable bonds is 4. The third-order valence-electron chi connectivity index (χ3n) is 3.40. The van der Waals surface area contributed by atoms with Gasteiger partial charge in [0.05, 0.1) is 5.56 Å². The molecule has 0 saturated heterocycles. The summed E-state index contributed by atoms with van der Waals surface area (Å²) in [5, 5.41) is 8.76. The number of carbonyl (C=O) groups is 2. The van der Waals surface area contributed by atoms with Crippen molar-refractivity contribution in [3.63, 3.8) is 0 Å². The summed E-state index contributed by atoms with van der Waals surface area (Å²) in [6.45, 7) is 0. The zero-order valence-electron chi connectivity index (χ0n) is 10.3. The SMILES string of the molecule is CN(C(=O)CC1CCC1)c1ccc(C(=O)O)cn1. The molecule has 1 amide bonds. The third-order valence-corrected chi connectivity index (χ3v) is 3.40. The lowest BCUT2D eigenvalue weighted by molar-refractivity contribution is -0.119. The van der Waals surface area contributed by atoms with Crippen molar-refractivity contribution in [1.29, 1.82) is 0 Å². The zero-order chi connectivity index (χ0) is 13.1. The Hall–Kier alpha value is -1.91. The molecule has 0 aromatic carbocycles. The summed E-state index contributed by atoms with van der Waals surface area (Å²) in [5.74, 6) is 0.0235. The average Bonchev–Trinajstić information content (AvgIpc) is 2.32. The van der Waals surface area contributed by atoms with Crippen LogP contribution in [0.1, 0.15) is 36.0 Å². The summed E-state index contributed by atoms with van der Waals surface area (Å²) in [5.41, 5.74) is 0.124. The van der Waals surface area contributed by atoms with Crippen LogP contribution < -0.4 is 4.90 Å². The molecule has 1 aromatic heterocycles. The molecule has 0 unspecified atom stereocenters. The van der Waals surface area contributed by atoms with E-state index in [2.05, 4.69) is 4.98 Å². The highest BCUT2D eigenvalue weighted by Crippen LogP contribution is 2.30. The predicted molar refractivity (Wildman–Crippen MR) is 66.6 cm³/mol. The van der Waals surface area contributed by atoms with Crippen molar-refractivity contribution < 1.29 is 14.7 Å². The van der Waals surface area contributed by atoms with Crippen LogP contribution in [0.3, 0.4) is 0 Å². The summed E-state index contributed by atoms with van der Waals surface area (Å²) >= 11 is 0. The predicted octanol–water partition coefficient (Wildman–Crippen LogP) is 1.93. The van der Waals surface area contributed by atoms with Gasteiger partial charge in [0.25, 0.3) is 0 Å². The highest BCUT2D eigenvalue weighted by atomic mass is 16.4. The number of hydrogen-bond donors (Lipinski definition) is 1. The molecular formula is C13H16N2O3. The number of aromatic carboxylic acids is 1. The van der Waals surface area contributed by atoms with E-state index in [1.54, 1.807) is 13.1 Å². The summed E-state index contributed by atoms with van der Waals surface area (Å²) in [6, 6.07) is 3.01. The van der Waals surface area contributed by atoms with Gasteiger partial charge in [0.2, 0.25) is 5.91 Å².